The summed E-state index contributed by atoms with van der Waals surface area (Å²) >= 11 is 3.56. The highest BCUT2D eigenvalue weighted by atomic mass is 79.9. The highest BCUT2D eigenvalue weighted by molar-refractivity contribution is 9.10. The molecule has 0 saturated carbocycles. The van der Waals surface area contributed by atoms with E-state index in [0.29, 0.717) is 6.54 Å². The van der Waals surface area contributed by atoms with Gasteiger partial charge in [0.2, 0.25) is 12.7 Å². The molecule has 2 heterocycles. The minimum Gasteiger partial charge on any atom is -0.454 e. The van der Waals surface area contributed by atoms with Gasteiger partial charge in [-0.05, 0) is 32.9 Å². The standard InChI is InChI=1S/C14H17BrN2O3/c1-4-17-12(16-14(2,3)13(17)18)8-5-10-11(6-9(8)15)20-7-19-10/h5-6,12,16H,4,7H2,1-3H3. The summed E-state index contributed by atoms with van der Waals surface area (Å²) in [5, 5.41) is 3.38. The molecule has 0 spiro atoms. The number of fused-ring (bicyclic) bond motifs is 1. The van der Waals surface area contributed by atoms with Crippen LogP contribution in [0, 0.1) is 0 Å². The van der Waals surface area contributed by atoms with Crippen molar-refractivity contribution in [3.05, 3.63) is 22.2 Å². The van der Waals surface area contributed by atoms with Crippen molar-refractivity contribution >= 4 is 21.8 Å². The van der Waals surface area contributed by atoms with E-state index in [-0.39, 0.29) is 18.9 Å². The van der Waals surface area contributed by atoms with Crippen LogP contribution in [0.25, 0.3) is 0 Å². The number of halogens is 1. The summed E-state index contributed by atoms with van der Waals surface area (Å²) in [5.74, 6) is 1.56. The molecular weight excluding hydrogens is 324 g/mol. The second-order valence-electron chi connectivity index (χ2n) is 5.49. The molecule has 1 aromatic carbocycles. The van der Waals surface area contributed by atoms with Crippen LogP contribution in [0.1, 0.15) is 32.5 Å². The van der Waals surface area contributed by atoms with Gasteiger partial charge in [-0.25, -0.2) is 0 Å². The summed E-state index contributed by atoms with van der Waals surface area (Å²) < 4.78 is 11.7. The van der Waals surface area contributed by atoms with Crippen LogP contribution in [0.15, 0.2) is 16.6 Å². The van der Waals surface area contributed by atoms with Crippen molar-refractivity contribution in [1.82, 2.24) is 10.2 Å². The van der Waals surface area contributed by atoms with E-state index in [1.54, 1.807) is 0 Å². The molecule has 1 aromatic rings. The number of carbonyl (C=O) groups is 1. The monoisotopic (exact) mass is 340 g/mol. The maximum Gasteiger partial charge on any atom is 0.243 e. The number of rotatable bonds is 2. The van der Waals surface area contributed by atoms with Crippen molar-refractivity contribution in [2.24, 2.45) is 0 Å². The van der Waals surface area contributed by atoms with Gasteiger partial charge in [-0.3, -0.25) is 10.1 Å². The van der Waals surface area contributed by atoms with E-state index in [4.69, 9.17) is 9.47 Å². The summed E-state index contributed by atoms with van der Waals surface area (Å²) in [6, 6.07) is 3.82. The number of ether oxygens (including phenoxy) is 2. The minimum atomic E-state index is -0.559. The third kappa shape index (κ3) is 1.98. The Balaban J connectivity index is 2.03. The van der Waals surface area contributed by atoms with E-state index in [0.717, 1.165) is 21.5 Å². The number of benzene rings is 1. The number of likely N-dealkylation sites (N-methyl/N-ethyl adjacent to an activating group) is 1. The van der Waals surface area contributed by atoms with Crippen LogP contribution >= 0.6 is 15.9 Å². The number of hydrogen-bond acceptors (Lipinski definition) is 4. The van der Waals surface area contributed by atoms with Gasteiger partial charge in [-0.1, -0.05) is 15.9 Å². The molecule has 1 fully saturated rings. The van der Waals surface area contributed by atoms with Crippen LogP contribution in [0.3, 0.4) is 0 Å². The van der Waals surface area contributed by atoms with Crippen molar-refractivity contribution in [2.45, 2.75) is 32.5 Å². The van der Waals surface area contributed by atoms with Gasteiger partial charge in [0.1, 0.15) is 6.17 Å². The van der Waals surface area contributed by atoms with E-state index in [1.807, 2.05) is 37.8 Å². The lowest BCUT2D eigenvalue weighted by Gasteiger charge is -2.24. The lowest BCUT2D eigenvalue weighted by molar-refractivity contribution is -0.132. The first-order valence-electron chi connectivity index (χ1n) is 6.62. The van der Waals surface area contributed by atoms with E-state index in [1.165, 1.54) is 0 Å². The molecule has 0 radical (unpaired) electrons. The second kappa shape index (κ2) is 4.63. The fraction of sp³-hybridized carbons (Fsp3) is 0.500. The smallest absolute Gasteiger partial charge is 0.243 e. The van der Waals surface area contributed by atoms with E-state index >= 15 is 0 Å². The molecule has 6 heteroatoms. The van der Waals surface area contributed by atoms with Gasteiger partial charge in [0.25, 0.3) is 0 Å². The molecule has 2 aliphatic heterocycles. The quantitative estimate of drug-likeness (QED) is 0.898. The molecule has 108 valence electrons. The normalized spacial score (nSPS) is 23.5. The Labute approximate surface area is 126 Å². The largest absolute Gasteiger partial charge is 0.454 e. The molecule has 1 N–H and O–H groups in total. The van der Waals surface area contributed by atoms with Gasteiger partial charge in [0.15, 0.2) is 11.5 Å². The molecule has 3 rings (SSSR count). The lowest BCUT2D eigenvalue weighted by atomic mass is 10.1. The zero-order chi connectivity index (χ0) is 14.5. The third-order valence-corrected chi connectivity index (χ3v) is 4.42. The Morgan fingerprint density at radius 2 is 2.05 bits per heavy atom. The molecule has 0 aliphatic carbocycles. The topological polar surface area (TPSA) is 50.8 Å². The van der Waals surface area contributed by atoms with Crippen molar-refractivity contribution in [2.75, 3.05) is 13.3 Å². The van der Waals surface area contributed by atoms with Gasteiger partial charge >= 0.3 is 0 Å². The van der Waals surface area contributed by atoms with Crippen molar-refractivity contribution in [1.29, 1.82) is 0 Å². The first kappa shape index (κ1) is 13.7. The molecule has 2 aliphatic rings. The Kier molecular flexibility index (Phi) is 3.17. The first-order chi connectivity index (χ1) is 9.44. The van der Waals surface area contributed by atoms with E-state index in [2.05, 4.69) is 21.2 Å². The van der Waals surface area contributed by atoms with Gasteiger partial charge in [0, 0.05) is 16.6 Å². The molecular formula is C14H17BrN2O3. The summed E-state index contributed by atoms with van der Waals surface area (Å²) in [6.07, 6.45) is -0.161. The average molecular weight is 341 g/mol. The van der Waals surface area contributed by atoms with Crippen LogP contribution in [0.2, 0.25) is 0 Å². The van der Waals surface area contributed by atoms with Crippen LogP contribution < -0.4 is 14.8 Å². The van der Waals surface area contributed by atoms with E-state index in [9.17, 15) is 4.79 Å². The maximum atomic E-state index is 12.4. The number of nitrogens with zero attached hydrogens (tertiary/aromatic N) is 1. The molecule has 0 aromatic heterocycles. The highest BCUT2D eigenvalue weighted by Gasteiger charge is 2.45. The molecule has 1 atom stereocenters. The van der Waals surface area contributed by atoms with Gasteiger partial charge < -0.3 is 14.4 Å². The maximum absolute atomic E-state index is 12.4. The molecule has 0 bridgehead atoms. The van der Waals surface area contributed by atoms with E-state index < -0.39 is 5.54 Å². The SMILES string of the molecule is CCN1C(=O)C(C)(C)NC1c1cc2c(cc1Br)OCO2. The van der Waals surface area contributed by atoms with Gasteiger partial charge in [0.05, 0.1) is 5.54 Å². The van der Waals surface area contributed by atoms with Crippen molar-refractivity contribution in [3.63, 3.8) is 0 Å². The summed E-state index contributed by atoms with van der Waals surface area (Å²) in [4.78, 5) is 14.2. The number of nitrogens with one attached hydrogen (secondary N) is 1. The molecule has 1 unspecified atom stereocenters. The number of hydrogen-bond donors (Lipinski definition) is 1. The van der Waals surface area contributed by atoms with Crippen LogP contribution in [0.4, 0.5) is 0 Å². The third-order valence-electron chi connectivity index (χ3n) is 3.73. The summed E-state index contributed by atoms with van der Waals surface area (Å²) in [5.41, 5.74) is 0.422. The molecule has 20 heavy (non-hydrogen) atoms. The Hall–Kier alpha value is -1.27. The number of amides is 1. The first-order valence-corrected chi connectivity index (χ1v) is 7.41. The zero-order valence-electron chi connectivity index (χ0n) is 11.7. The molecule has 1 amide bonds. The number of carbonyl (C=O) groups excluding carboxylic acids is 1. The Bertz CT molecular complexity index is 574. The lowest BCUT2D eigenvalue weighted by Crippen LogP contribution is -2.40. The highest BCUT2D eigenvalue weighted by Crippen LogP contribution is 2.41. The molecule has 1 saturated heterocycles. The molecule has 5 nitrogen and oxygen atoms in total. The van der Waals surface area contributed by atoms with Gasteiger partial charge in [-0.15, -0.1) is 0 Å². The zero-order valence-corrected chi connectivity index (χ0v) is 13.3. The summed E-state index contributed by atoms with van der Waals surface area (Å²) in [6.45, 7) is 6.68. The van der Waals surface area contributed by atoms with Crippen LogP contribution in [-0.2, 0) is 4.79 Å². The Morgan fingerprint density at radius 3 is 2.70 bits per heavy atom. The predicted molar refractivity (Wildman–Crippen MR) is 77.6 cm³/mol. The predicted octanol–water partition coefficient (Wildman–Crippen LogP) is 2.41. The fourth-order valence-corrected chi connectivity index (χ4v) is 3.21. The van der Waals surface area contributed by atoms with Crippen LogP contribution in [-0.4, -0.2) is 29.7 Å². The van der Waals surface area contributed by atoms with Gasteiger partial charge in [-0.2, -0.15) is 0 Å². The minimum absolute atomic E-state index is 0.106. The Morgan fingerprint density at radius 1 is 1.40 bits per heavy atom. The van der Waals surface area contributed by atoms with Crippen molar-refractivity contribution < 1.29 is 14.3 Å². The van der Waals surface area contributed by atoms with Crippen LogP contribution in [0.5, 0.6) is 11.5 Å². The second-order valence-corrected chi connectivity index (χ2v) is 6.34. The van der Waals surface area contributed by atoms with Crippen molar-refractivity contribution in [3.8, 4) is 11.5 Å². The fourth-order valence-electron chi connectivity index (χ4n) is 2.67. The summed E-state index contributed by atoms with van der Waals surface area (Å²) in [7, 11) is 0. The average Bonchev–Trinajstić information content (AvgIpc) is 2.92.